The van der Waals surface area contributed by atoms with Gasteiger partial charge in [0.2, 0.25) is 10.0 Å². The third-order valence-corrected chi connectivity index (χ3v) is 5.94. The van der Waals surface area contributed by atoms with Gasteiger partial charge >= 0.3 is 0 Å². The van der Waals surface area contributed by atoms with E-state index >= 15 is 0 Å². The van der Waals surface area contributed by atoms with Gasteiger partial charge in [0.25, 0.3) is 0 Å². The van der Waals surface area contributed by atoms with Gasteiger partial charge in [0.15, 0.2) is 0 Å². The molecule has 1 aliphatic rings. The van der Waals surface area contributed by atoms with Crippen molar-refractivity contribution in [3.63, 3.8) is 0 Å². The van der Waals surface area contributed by atoms with E-state index in [1.54, 1.807) is 0 Å². The number of hydrogen-bond acceptors (Lipinski definition) is 6. The van der Waals surface area contributed by atoms with E-state index in [1.165, 1.54) is 21.9 Å². The average molecular weight is 338 g/mol. The van der Waals surface area contributed by atoms with Crippen molar-refractivity contribution in [1.29, 1.82) is 0 Å². The first-order valence-electron chi connectivity index (χ1n) is 7.09. The van der Waals surface area contributed by atoms with E-state index in [1.807, 2.05) is 25.3 Å². The van der Waals surface area contributed by atoms with Gasteiger partial charge in [-0.25, -0.2) is 23.4 Å². The van der Waals surface area contributed by atoms with Crippen molar-refractivity contribution in [3.05, 3.63) is 28.7 Å². The average Bonchev–Trinajstić information content (AvgIpc) is 3.05. The molecule has 3 rings (SSSR count). The van der Waals surface area contributed by atoms with Crippen LogP contribution in [-0.4, -0.2) is 40.5 Å². The lowest BCUT2D eigenvalue weighted by Gasteiger charge is -2.22. The third kappa shape index (κ3) is 3.04. The van der Waals surface area contributed by atoms with Crippen molar-refractivity contribution in [2.24, 2.45) is 0 Å². The van der Waals surface area contributed by atoms with E-state index in [0.717, 1.165) is 34.9 Å². The number of nitrogens with zero attached hydrogens (tertiary/aromatic N) is 4. The molecule has 2 aromatic heterocycles. The van der Waals surface area contributed by atoms with Crippen LogP contribution < -0.4 is 0 Å². The number of aryl methyl sites for hydroxylation is 2. The quantitative estimate of drug-likeness (QED) is 0.858. The van der Waals surface area contributed by atoms with Crippen LogP contribution in [0.5, 0.6) is 0 Å². The van der Waals surface area contributed by atoms with E-state index < -0.39 is 10.0 Å². The predicted octanol–water partition coefficient (Wildman–Crippen LogP) is 2.31. The maximum Gasteiger partial charge on any atom is 0.211 e. The second-order valence-corrected chi connectivity index (χ2v) is 8.34. The van der Waals surface area contributed by atoms with Crippen LogP contribution in [0.4, 0.5) is 0 Å². The highest BCUT2D eigenvalue weighted by Gasteiger charge is 2.34. The summed E-state index contributed by atoms with van der Waals surface area (Å²) in [6, 6.07) is 1.68. The third-order valence-electron chi connectivity index (χ3n) is 3.67. The monoisotopic (exact) mass is 338 g/mol. The molecule has 0 spiro atoms. The molecule has 1 saturated heterocycles. The van der Waals surface area contributed by atoms with E-state index in [2.05, 4.69) is 15.0 Å². The molecule has 0 amide bonds. The molecule has 0 saturated carbocycles. The molecule has 2 aromatic rings. The highest BCUT2D eigenvalue weighted by atomic mass is 32.2. The van der Waals surface area contributed by atoms with Crippen LogP contribution in [0.1, 0.15) is 36.1 Å². The van der Waals surface area contributed by atoms with Crippen molar-refractivity contribution in [1.82, 2.24) is 19.3 Å². The van der Waals surface area contributed by atoms with Gasteiger partial charge < -0.3 is 0 Å². The second kappa shape index (κ2) is 5.68. The van der Waals surface area contributed by atoms with Crippen LogP contribution in [0, 0.1) is 13.8 Å². The standard InChI is InChI=1S/C14H18N4O2S2/c1-9-8-21-14(15-9)12-7-11(16-10(2)17-12)13-5-4-6-18(13)22(3,19)20/h7-8,13H,4-6H2,1-3H3. The van der Waals surface area contributed by atoms with Gasteiger partial charge in [0, 0.05) is 17.6 Å². The molecular weight excluding hydrogens is 320 g/mol. The normalized spacial score (nSPS) is 19.7. The van der Waals surface area contributed by atoms with E-state index in [4.69, 9.17) is 0 Å². The second-order valence-electron chi connectivity index (χ2n) is 5.55. The van der Waals surface area contributed by atoms with Gasteiger partial charge in [-0.3, -0.25) is 0 Å². The summed E-state index contributed by atoms with van der Waals surface area (Å²) < 4.78 is 25.4. The molecular formula is C14H18N4O2S2. The molecule has 1 atom stereocenters. The summed E-state index contributed by atoms with van der Waals surface area (Å²) >= 11 is 1.54. The summed E-state index contributed by atoms with van der Waals surface area (Å²) in [6.45, 7) is 4.32. The maximum atomic E-state index is 11.9. The number of rotatable bonds is 3. The molecule has 6 nitrogen and oxygen atoms in total. The van der Waals surface area contributed by atoms with Gasteiger partial charge in [-0.05, 0) is 32.8 Å². The number of sulfonamides is 1. The Labute approximate surface area is 134 Å². The Morgan fingerprint density at radius 2 is 2.05 bits per heavy atom. The Bertz CT molecular complexity index is 801. The summed E-state index contributed by atoms with van der Waals surface area (Å²) in [7, 11) is -3.23. The highest BCUT2D eigenvalue weighted by Crippen LogP contribution is 2.34. The van der Waals surface area contributed by atoms with Crippen molar-refractivity contribution in [3.8, 4) is 10.7 Å². The van der Waals surface area contributed by atoms with E-state index in [9.17, 15) is 8.42 Å². The first kappa shape index (κ1) is 15.5. The topological polar surface area (TPSA) is 76.1 Å². The molecule has 1 fully saturated rings. The number of hydrogen-bond donors (Lipinski definition) is 0. The maximum absolute atomic E-state index is 11.9. The summed E-state index contributed by atoms with van der Waals surface area (Å²) in [5, 5.41) is 2.82. The van der Waals surface area contributed by atoms with Crippen LogP contribution in [-0.2, 0) is 10.0 Å². The zero-order valence-electron chi connectivity index (χ0n) is 12.8. The fourth-order valence-electron chi connectivity index (χ4n) is 2.78. The molecule has 118 valence electrons. The molecule has 22 heavy (non-hydrogen) atoms. The predicted molar refractivity (Wildman–Crippen MR) is 86.1 cm³/mol. The Balaban J connectivity index is 2.03. The minimum Gasteiger partial charge on any atom is -0.240 e. The zero-order valence-corrected chi connectivity index (χ0v) is 14.4. The minimum atomic E-state index is -3.23. The molecule has 0 radical (unpaired) electrons. The largest absolute Gasteiger partial charge is 0.240 e. The van der Waals surface area contributed by atoms with E-state index in [-0.39, 0.29) is 6.04 Å². The Morgan fingerprint density at radius 3 is 2.68 bits per heavy atom. The Kier molecular flexibility index (Phi) is 4.00. The van der Waals surface area contributed by atoms with Gasteiger partial charge in [-0.2, -0.15) is 4.31 Å². The highest BCUT2D eigenvalue weighted by molar-refractivity contribution is 7.88. The number of aromatic nitrogens is 3. The smallest absolute Gasteiger partial charge is 0.211 e. The summed E-state index contributed by atoms with van der Waals surface area (Å²) in [6.07, 6.45) is 2.90. The molecule has 0 N–H and O–H groups in total. The molecule has 3 heterocycles. The molecule has 1 unspecified atom stereocenters. The first-order chi connectivity index (χ1) is 10.3. The lowest BCUT2D eigenvalue weighted by atomic mass is 10.1. The summed E-state index contributed by atoms with van der Waals surface area (Å²) in [5.41, 5.74) is 2.48. The van der Waals surface area contributed by atoms with Crippen molar-refractivity contribution in [2.45, 2.75) is 32.7 Å². The van der Waals surface area contributed by atoms with Crippen LogP contribution in [0.2, 0.25) is 0 Å². The number of thiazole rings is 1. The van der Waals surface area contributed by atoms with Crippen LogP contribution in [0.25, 0.3) is 10.7 Å². The SMILES string of the molecule is Cc1csc(-c2cc(C3CCCN3S(C)(=O)=O)nc(C)n2)n1. The van der Waals surface area contributed by atoms with E-state index in [0.29, 0.717) is 12.4 Å². The minimum absolute atomic E-state index is 0.198. The van der Waals surface area contributed by atoms with Crippen LogP contribution in [0.15, 0.2) is 11.4 Å². The summed E-state index contributed by atoms with van der Waals surface area (Å²) in [4.78, 5) is 13.4. The van der Waals surface area contributed by atoms with Gasteiger partial charge in [-0.15, -0.1) is 11.3 Å². The van der Waals surface area contributed by atoms with Crippen molar-refractivity contribution < 1.29 is 8.42 Å². The molecule has 8 heteroatoms. The molecule has 0 bridgehead atoms. The van der Waals surface area contributed by atoms with Gasteiger partial charge in [-0.1, -0.05) is 0 Å². The molecule has 1 aliphatic heterocycles. The fraction of sp³-hybridized carbons (Fsp3) is 0.500. The van der Waals surface area contributed by atoms with Gasteiger partial charge in [0.05, 0.1) is 18.0 Å². The Hall–Kier alpha value is -1.38. The Morgan fingerprint density at radius 1 is 1.27 bits per heavy atom. The molecule has 0 aliphatic carbocycles. The van der Waals surface area contributed by atoms with Crippen molar-refractivity contribution >= 4 is 21.4 Å². The van der Waals surface area contributed by atoms with Crippen LogP contribution in [0.3, 0.4) is 0 Å². The fourth-order valence-corrected chi connectivity index (χ4v) is 4.67. The lowest BCUT2D eigenvalue weighted by Crippen LogP contribution is -2.30. The van der Waals surface area contributed by atoms with Gasteiger partial charge in [0.1, 0.15) is 16.5 Å². The molecule has 0 aromatic carbocycles. The first-order valence-corrected chi connectivity index (χ1v) is 9.82. The van der Waals surface area contributed by atoms with Crippen molar-refractivity contribution in [2.75, 3.05) is 12.8 Å². The summed E-state index contributed by atoms with van der Waals surface area (Å²) in [5.74, 6) is 0.640. The zero-order chi connectivity index (χ0) is 15.9. The lowest BCUT2D eigenvalue weighted by molar-refractivity contribution is 0.393. The van der Waals surface area contributed by atoms with Crippen LogP contribution >= 0.6 is 11.3 Å².